The van der Waals surface area contributed by atoms with Crippen molar-refractivity contribution in [2.45, 2.75) is 51.9 Å². The van der Waals surface area contributed by atoms with E-state index in [-0.39, 0.29) is 0 Å². The summed E-state index contributed by atoms with van der Waals surface area (Å²) in [4.78, 5) is 12.2. The minimum absolute atomic E-state index is 0.385. The van der Waals surface area contributed by atoms with Gasteiger partial charge in [0.05, 0.1) is 25.3 Å². The first-order valence-corrected chi connectivity index (χ1v) is 10.1. The fraction of sp³-hybridized carbons (Fsp3) is 0.417. The van der Waals surface area contributed by atoms with Crippen LogP contribution in [0.2, 0.25) is 0 Å². The quantitative estimate of drug-likeness (QED) is 0.347. The molecule has 2 rings (SSSR count). The van der Waals surface area contributed by atoms with E-state index in [1.165, 1.54) is 39.2 Å². The van der Waals surface area contributed by atoms with E-state index >= 15 is 0 Å². The fourth-order valence-corrected chi connectivity index (χ4v) is 3.17. The predicted octanol–water partition coefficient (Wildman–Crippen LogP) is 6.14. The number of hydrogen-bond donors (Lipinski definition) is 0. The van der Waals surface area contributed by atoms with Crippen LogP contribution in [0.5, 0.6) is 5.75 Å². The highest BCUT2D eigenvalue weighted by molar-refractivity contribution is 5.94. The average molecular weight is 380 g/mol. The Labute approximate surface area is 168 Å². The topological polar surface area (TPSA) is 59.3 Å². The summed E-state index contributed by atoms with van der Waals surface area (Å²) < 4.78 is 10.8. The van der Waals surface area contributed by atoms with E-state index in [1.807, 2.05) is 24.3 Å². The Kier molecular flexibility index (Phi) is 9.07. The molecule has 4 heteroatoms. The van der Waals surface area contributed by atoms with Gasteiger partial charge in [-0.1, -0.05) is 69.7 Å². The van der Waals surface area contributed by atoms with Crippen molar-refractivity contribution in [2.24, 2.45) is 0 Å². The van der Waals surface area contributed by atoms with Crippen LogP contribution in [0.3, 0.4) is 0 Å². The third-order valence-electron chi connectivity index (χ3n) is 4.75. The number of nitriles is 1. The summed E-state index contributed by atoms with van der Waals surface area (Å²) in [7, 11) is 1.36. The predicted molar refractivity (Wildman–Crippen MR) is 111 cm³/mol. The van der Waals surface area contributed by atoms with Gasteiger partial charge in [0.15, 0.2) is 0 Å². The lowest BCUT2D eigenvalue weighted by molar-refractivity contribution is 0.0596. The van der Waals surface area contributed by atoms with Crippen LogP contribution in [-0.2, 0) is 4.74 Å². The van der Waals surface area contributed by atoms with E-state index in [0.717, 1.165) is 24.0 Å². The van der Waals surface area contributed by atoms with Crippen molar-refractivity contribution in [1.82, 2.24) is 0 Å². The van der Waals surface area contributed by atoms with E-state index in [4.69, 9.17) is 9.47 Å². The number of unbranched alkanes of at least 4 members (excludes halogenated alkanes) is 6. The molecule has 0 spiro atoms. The minimum Gasteiger partial charge on any atom is -0.493 e. The molecule has 0 aromatic heterocycles. The van der Waals surface area contributed by atoms with Crippen LogP contribution in [0.1, 0.15) is 67.8 Å². The Morgan fingerprint density at radius 1 is 1.00 bits per heavy atom. The van der Waals surface area contributed by atoms with Crippen molar-refractivity contribution < 1.29 is 14.3 Å². The molecule has 0 bridgehead atoms. The molecule has 0 saturated carbocycles. The number of nitrogens with zero attached hydrogens (tertiary/aromatic N) is 1. The van der Waals surface area contributed by atoms with Crippen molar-refractivity contribution >= 4 is 5.97 Å². The van der Waals surface area contributed by atoms with Gasteiger partial charge < -0.3 is 9.47 Å². The van der Waals surface area contributed by atoms with Crippen molar-refractivity contribution in [2.75, 3.05) is 13.7 Å². The van der Waals surface area contributed by atoms with Crippen LogP contribution >= 0.6 is 0 Å². The number of ether oxygens (including phenoxy) is 2. The first-order valence-electron chi connectivity index (χ1n) is 10.1. The Morgan fingerprint density at radius 3 is 2.43 bits per heavy atom. The smallest absolute Gasteiger partial charge is 0.341 e. The summed E-state index contributed by atoms with van der Waals surface area (Å²) in [5.74, 6) is 0.0851. The largest absolute Gasteiger partial charge is 0.493 e. The van der Waals surface area contributed by atoms with Crippen LogP contribution in [0, 0.1) is 11.3 Å². The van der Waals surface area contributed by atoms with Crippen molar-refractivity contribution in [3.8, 4) is 22.9 Å². The standard InChI is InChI=1S/C24H29NO3/c1-3-4-5-6-7-8-11-16-28-23-15-14-19(17-22(23)24(26)27-2)21-13-10-9-12-20(21)18-25/h9-10,12-15,17H,3-8,11,16H2,1-2H3. The molecule has 0 N–H and O–H groups in total. The van der Waals surface area contributed by atoms with E-state index in [1.54, 1.807) is 18.2 Å². The highest BCUT2D eigenvalue weighted by Gasteiger charge is 2.16. The molecule has 0 unspecified atom stereocenters. The second kappa shape index (κ2) is 11.8. The summed E-state index contributed by atoms with van der Waals surface area (Å²) in [5.41, 5.74) is 2.53. The summed E-state index contributed by atoms with van der Waals surface area (Å²) in [6.07, 6.45) is 8.45. The Hall–Kier alpha value is -2.80. The lowest BCUT2D eigenvalue weighted by atomic mass is 9.98. The van der Waals surface area contributed by atoms with E-state index < -0.39 is 5.97 Å². The maximum Gasteiger partial charge on any atom is 0.341 e. The van der Waals surface area contributed by atoms with Crippen LogP contribution in [-0.4, -0.2) is 19.7 Å². The van der Waals surface area contributed by atoms with Gasteiger partial charge in [-0.05, 0) is 35.7 Å². The monoisotopic (exact) mass is 379 g/mol. The zero-order valence-electron chi connectivity index (χ0n) is 16.9. The average Bonchev–Trinajstić information content (AvgIpc) is 2.75. The Morgan fingerprint density at radius 2 is 1.71 bits per heavy atom. The molecule has 2 aromatic rings. The van der Waals surface area contributed by atoms with Crippen LogP contribution in [0.15, 0.2) is 42.5 Å². The number of rotatable bonds is 11. The molecule has 0 aliphatic carbocycles. The summed E-state index contributed by atoms with van der Waals surface area (Å²) in [5, 5.41) is 9.33. The molecule has 0 aliphatic rings. The van der Waals surface area contributed by atoms with Crippen molar-refractivity contribution in [3.63, 3.8) is 0 Å². The van der Waals surface area contributed by atoms with Crippen molar-refractivity contribution in [3.05, 3.63) is 53.6 Å². The third-order valence-corrected chi connectivity index (χ3v) is 4.75. The summed E-state index contributed by atoms with van der Waals surface area (Å²) >= 11 is 0. The minimum atomic E-state index is -0.439. The van der Waals surface area contributed by atoms with Gasteiger partial charge in [0.2, 0.25) is 0 Å². The molecule has 148 valence electrons. The number of carbonyl (C=O) groups excluding carboxylic acids is 1. The van der Waals surface area contributed by atoms with Gasteiger partial charge in [-0.2, -0.15) is 5.26 Å². The lowest BCUT2D eigenvalue weighted by Gasteiger charge is -2.13. The van der Waals surface area contributed by atoms with Crippen molar-refractivity contribution in [1.29, 1.82) is 5.26 Å². The highest BCUT2D eigenvalue weighted by Crippen LogP contribution is 2.29. The number of carbonyl (C=O) groups is 1. The third kappa shape index (κ3) is 6.13. The molecule has 0 aliphatic heterocycles. The highest BCUT2D eigenvalue weighted by atomic mass is 16.5. The van der Waals surface area contributed by atoms with E-state index in [0.29, 0.717) is 23.5 Å². The summed E-state index contributed by atoms with van der Waals surface area (Å²) in [6.45, 7) is 2.79. The molecule has 0 saturated heterocycles. The fourth-order valence-electron chi connectivity index (χ4n) is 3.17. The SMILES string of the molecule is CCCCCCCCCOc1ccc(-c2ccccc2C#N)cc1C(=O)OC. The second-order valence-corrected chi connectivity index (χ2v) is 6.83. The van der Waals surface area contributed by atoms with Gasteiger partial charge in [0.25, 0.3) is 0 Å². The van der Waals surface area contributed by atoms with Crippen LogP contribution in [0.25, 0.3) is 11.1 Å². The van der Waals surface area contributed by atoms with Gasteiger partial charge in [0.1, 0.15) is 11.3 Å². The molecule has 2 aromatic carbocycles. The zero-order valence-corrected chi connectivity index (χ0v) is 16.9. The number of esters is 1. The normalized spacial score (nSPS) is 10.3. The first-order chi connectivity index (χ1) is 13.7. The van der Waals surface area contributed by atoms with Gasteiger partial charge in [0, 0.05) is 0 Å². The number of methoxy groups -OCH3 is 1. The summed E-state index contributed by atoms with van der Waals surface area (Å²) in [6, 6.07) is 14.9. The van der Waals surface area contributed by atoms with Gasteiger partial charge >= 0.3 is 5.97 Å². The molecule has 0 amide bonds. The molecule has 0 heterocycles. The molecule has 0 atom stereocenters. The molecular weight excluding hydrogens is 350 g/mol. The maximum absolute atomic E-state index is 12.2. The lowest BCUT2D eigenvalue weighted by Crippen LogP contribution is -2.07. The Balaban J connectivity index is 2.05. The van der Waals surface area contributed by atoms with Gasteiger partial charge in [-0.3, -0.25) is 0 Å². The maximum atomic E-state index is 12.2. The number of hydrogen-bond acceptors (Lipinski definition) is 4. The van der Waals surface area contributed by atoms with E-state index in [2.05, 4.69) is 13.0 Å². The number of benzene rings is 2. The van der Waals surface area contributed by atoms with Crippen LogP contribution < -0.4 is 4.74 Å². The molecule has 28 heavy (non-hydrogen) atoms. The van der Waals surface area contributed by atoms with E-state index in [9.17, 15) is 10.1 Å². The zero-order chi connectivity index (χ0) is 20.2. The Bertz CT molecular complexity index is 808. The second-order valence-electron chi connectivity index (χ2n) is 6.83. The molecule has 0 fully saturated rings. The van der Waals surface area contributed by atoms with Crippen LogP contribution in [0.4, 0.5) is 0 Å². The van der Waals surface area contributed by atoms with Gasteiger partial charge in [-0.15, -0.1) is 0 Å². The first kappa shape index (κ1) is 21.5. The molecule has 0 radical (unpaired) electrons. The molecule has 4 nitrogen and oxygen atoms in total. The molecular formula is C24H29NO3. The van der Waals surface area contributed by atoms with Gasteiger partial charge in [-0.25, -0.2) is 4.79 Å².